The molecule has 224 valence electrons. The first kappa shape index (κ1) is 31.7. The summed E-state index contributed by atoms with van der Waals surface area (Å²) in [6, 6.07) is 23.1. The Morgan fingerprint density at radius 3 is 2.12 bits per heavy atom. The summed E-state index contributed by atoms with van der Waals surface area (Å²) in [5.74, 6) is -0.0744. The van der Waals surface area contributed by atoms with E-state index in [9.17, 15) is 18.0 Å². The van der Waals surface area contributed by atoms with Crippen LogP contribution in [0.15, 0.2) is 83.8 Å². The summed E-state index contributed by atoms with van der Waals surface area (Å²) in [6.45, 7) is 5.94. The lowest BCUT2D eigenvalue weighted by molar-refractivity contribution is -0.141. The van der Waals surface area contributed by atoms with Crippen molar-refractivity contribution in [3.63, 3.8) is 0 Å². The highest BCUT2D eigenvalue weighted by atomic mass is 35.5. The summed E-state index contributed by atoms with van der Waals surface area (Å²) in [6.07, 6.45) is 2.74. The van der Waals surface area contributed by atoms with E-state index < -0.39 is 16.1 Å². The predicted molar refractivity (Wildman–Crippen MR) is 167 cm³/mol. The zero-order chi connectivity index (χ0) is 30.1. The molecular weight excluding hydrogens is 570 g/mol. The molecule has 0 aromatic heterocycles. The number of halogens is 1. The Morgan fingerprint density at radius 1 is 0.881 bits per heavy atom. The number of nitrogens with one attached hydrogen (secondary N) is 1. The van der Waals surface area contributed by atoms with Crippen molar-refractivity contribution in [2.24, 2.45) is 5.92 Å². The van der Waals surface area contributed by atoms with Crippen LogP contribution in [-0.4, -0.2) is 55.1 Å². The maximum absolute atomic E-state index is 13.9. The van der Waals surface area contributed by atoms with Crippen molar-refractivity contribution in [1.29, 1.82) is 0 Å². The quantitative estimate of drug-likeness (QED) is 0.278. The lowest BCUT2D eigenvalue weighted by atomic mass is 10.0. The molecule has 0 bridgehead atoms. The number of aryl methyl sites for hydroxylation is 1. The summed E-state index contributed by atoms with van der Waals surface area (Å²) in [4.78, 5) is 29.4. The highest BCUT2D eigenvalue weighted by molar-refractivity contribution is 7.89. The molecule has 1 unspecified atom stereocenters. The SMILES string of the molecule is CC(C)CNC(=O)C(Cc1ccccc1)N(Cc1ccc(Cl)cc1)C(=O)CCc1ccc(S(=O)(=O)N2CCCC2)cc1. The number of hydrogen-bond acceptors (Lipinski definition) is 4. The fourth-order valence-corrected chi connectivity index (χ4v) is 6.71. The number of hydrogen-bond donors (Lipinski definition) is 1. The molecule has 2 amide bonds. The Labute approximate surface area is 254 Å². The highest BCUT2D eigenvalue weighted by Crippen LogP contribution is 2.22. The summed E-state index contributed by atoms with van der Waals surface area (Å²) >= 11 is 6.11. The molecular formula is C33H40ClN3O4S. The number of carbonyl (C=O) groups excluding carboxylic acids is 2. The second-order valence-electron chi connectivity index (χ2n) is 11.2. The van der Waals surface area contributed by atoms with E-state index in [-0.39, 0.29) is 35.6 Å². The minimum Gasteiger partial charge on any atom is -0.354 e. The summed E-state index contributed by atoms with van der Waals surface area (Å²) in [7, 11) is -3.50. The molecule has 0 radical (unpaired) electrons. The van der Waals surface area contributed by atoms with Crippen LogP contribution in [-0.2, 0) is 39.0 Å². The number of amides is 2. The topological polar surface area (TPSA) is 86.8 Å². The molecule has 0 aliphatic carbocycles. The molecule has 0 saturated carbocycles. The predicted octanol–water partition coefficient (Wildman–Crippen LogP) is 5.47. The first-order valence-electron chi connectivity index (χ1n) is 14.6. The molecule has 1 saturated heterocycles. The molecule has 9 heteroatoms. The maximum atomic E-state index is 13.9. The highest BCUT2D eigenvalue weighted by Gasteiger charge is 2.31. The Morgan fingerprint density at radius 2 is 1.50 bits per heavy atom. The van der Waals surface area contributed by atoms with E-state index in [1.165, 1.54) is 4.31 Å². The number of benzene rings is 3. The van der Waals surface area contributed by atoms with Crippen LogP contribution < -0.4 is 5.32 Å². The first-order valence-corrected chi connectivity index (χ1v) is 16.4. The second kappa shape index (κ2) is 14.8. The van der Waals surface area contributed by atoms with E-state index in [0.717, 1.165) is 29.5 Å². The van der Waals surface area contributed by atoms with Crippen LogP contribution in [0.3, 0.4) is 0 Å². The van der Waals surface area contributed by atoms with Gasteiger partial charge in [0.25, 0.3) is 0 Å². The molecule has 42 heavy (non-hydrogen) atoms. The van der Waals surface area contributed by atoms with Gasteiger partial charge in [0, 0.05) is 44.0 Å². The molecule has 1 N–H and O–H groups in total. The Balaban J connectivity index is 1.54. The Bertz CT molecular complexity index is 1420. The van der Waals surface area contributed by atoms with Gasteiger partial charge < -0.3 is 10.2 Å². The molecule has 1 aliphatic heterocycles. The van der Waals surface area contributed by atoms with Crippen molar-refractivity contribution < 1.29 is 18.0 Å². The second-order valence-corrected chi connectivity index (χ2v) is 13.6. The zero-order valence-electron chi connectivity index (χ0n) is 24.3. The van der Waals surface area contributed by atoms with Gasteiger partial charge >= 0.3 is 0 Å². The molecule has 3 aromatic carbocycles. The van der Waals surface area contributed by atoms with Gasteiger partial charge in [0.15, 0.2) is 0 Å². The Hall–Kier alpha value is -3.20. The van der Waals surface area contributed by atoms with Gasteiger partial charge in [-0.15, -0.1) is 0 Å². The number of carbonyl (C=O) groups is 2. The standard InChI is InChI=1S/C33H40ClN3O4S/c1-25(2)23-35-33(39)31(22-27-8-4-3-5-9-27)37(24-28-10-15-29(34)16-11-28)32(38)19-14-26-12-17-30(18-13-26)42(40,41)36-20-6-7-21-36/h3-5,8-13,15-18,25,31H,6-7,14,19-24H2,1-2H3,(H,35,39). The van der Waals surface area contributed by atoms with Crippen molar-refractivity contribution in [3.05, 3.63) is 101 Å². The summed E-state index contributed by atoms with van der Waals surface area (Å²) in [5, 5.41) is 3.63. The average molecular weight is 610 g/mol. The minimum absolute atomic E-state index is 0.153. The van der Waals surface area contributed by atoms with Crippen molar-refractivity contribution in [3.8, 4) is 0 Å². The van der Waals surface area contributed by atoms with Crippen LogP contribution in [0.2, 0.25) is 5.02 Å². The van der Waals surface area contributed by atoms with Gasteiger partial charge in [-0.25, -0.2) is 8.42 Å². The molecule has 7 nitrogen and oxygen atoms in total. The first-order chi connectivity index (χ1) is 20.1. The Kier molecular flexibility index (Phi) is 11.2. The molecule has 1 atom stereocenters. The van der Waals surface area contributed by atoms with Crippen molar-refractivity contribution in [2.45, 2.75) is 63.4 Å². The number of sulfonamides is 1. The monoisotopic (exact) mass is 609 g/mol. The fourth-order valence-electron chi connectivity index (χ4n) is 5.06. The zero-order valence-corrected chi connectivity index (χ0v) is 25.9. The minimum atomic E-state index is -3.50. The van der Waals surface area contributed by atoms with Crippen LogP contribution in [0.4, 0.5) is 0 Å². The van der Waals surface area contributed by atoms with Gasteiger partial charge in [-0.1, -0.05) is 80.0 Å². The summed E-state index contributed by atoms with van der Waals surface area (Å²) < 4.78 is 27.3. The van der Waals surface area contributed by atoms with E-state index in [0.29, 0.717) is 37.5 Å². The summed E-state index contributed by atoms with van der Waals surface area (Å²) in [5.41, 5.74) is 2.70. The van der Waals surface area contributed by atoms with Crippen molar-refractivity contribution in [2.75, 3.05) is 19.6 Å². The van der Waals surface area contributed by atoms with Gasteiger partial charge in [-0.2, -0.15) is 4.31 Å². The normalized spacial score (nSPS) is 14.6. The number of nitrogens with zero attached hydrogens (tertiary/aromatic N) is 2. The third kappa shape index (κ3) is 8.66. The number of rotatable bonds is 13. The van der Waals surface area contributed by atoms with Crippen LogP contribution in [0.25, 0.3) is 0 Å². The molecule has 1 heterocycles. The van der Waals surface area contributed by atoms with E-state index in [2.05, 4.69) is 5.32 Å². The molecule has 0 spiro atoms. The molecule has 1 aliphatic rings. The van der Waals surface area contributed by atoms with Crippen LogP contribution in [0.1, 0.15) is 49.8 Å². The van der Waals surface area contributed by atoms with Gasteiger partial charge in [0.1, 0.15) is 6.04 Å². The van der Waals surface area contributed by atoms with Crippen LogP contribution in [0, 0.1) is 5.92 Å². The van der Waals surface area contributed by atoms with E-state index in [4.69, 9.17) is 11.6 Å². The van der Waals surface area contributed by atoms with Crippen molar-refractivity contribution >= 4 is 33.4 Å². The molecule has 3 aromatic rings. The third-order valence-electron chi connectivity index (χ3n) is 7.48. The van der Waals surface area contributed by atoms with Gasteiger partial charge in [-0.3, -0.25) is 9.59 Å². The fraction of sp³-hybridized carbons (Fsp3) is 0.394. The largest absolute Gasteiger partial charge is 0.354 e. The van der Waals surface area contributed by atoms with Crippen molar-refractivity contribution in [1.82, 2.24) is 14.5 Å². The lowest BCUT2D eigenvalue weighted by Crippen LogP contribution is -2.51. The average Bonchev–Trinajstić information content (AvgIpc) is 3.54. The maximum Gasteiger partial charge on any atom is 0.243 e. The lowest BCUT2D eigenvalue weighted by Gasteiger charge is -2.32. The van der Waals surface area contributed by atoms with E-state index in [1.807, 2.05) is 56.3 Å². The van der Waals surface area contributed by atoms with E-state index in [1.54, 1.807) is 41.3 Å². The van der Waals surface area contributed by atoms with Crippen LogP contribution in [0.5, 0.6) is 0 Å². The van der Waals surface area contributed by atoms with E-state index >= 15 is 0 Å². The third-order valence-corrected chi connectivity index (χ3v) is 9.64. The molecule has 1 fully saturated rings. The van der Waals surface area contributed by atoms with Crippen LogP contribution >= 0.6 is 11.6 Å². The molecule has 4 rings (SSSR count). The van der Waals surface area contributed by atoms with Gasteiger partial charge in [0.2, 0.25) is 21.8 Å². The smallest absolute Gasteiger partial charge is 0.243 e. The van der Waals surface area contributed by atoms with Gasteiger partial charge in [0.05, 0.1) is 4.90 Å². The van der Waals surface area contributed by atoms with Gasteiger partial charge in [-0.05, 0) is 66.1 Å².